The Kier molecular flexibility index (Phi) is 4.03. The van der Waals surface area contributed by atoms with Crippen LogP contribution in [0.1, 0.15) is 16.2 Å². The van der Waals surface area contributed by atoms with Crippen molar-refractivity contribution in [2.24, 2.45) is 14.1 Å². The van der Waals surface area contributed by atoms with E-state index in [2.05, 4.69) is 20.5 Å². The predicted molar refractivity (Wildman–Crippen MR) is 98.5 cm³/mol. The number of para-hydroxylation sites is 1. The summed E-state index contributed by atoms with van der Waals surface area (Å²) in [6.45, 7) is 0.118. The summed E-state index contributed by atoms with van der Waals surface area (Å²) in [6, 6.07) is 9.54. The van der Waals surface area contributed by atoms with E-state index in [0.717, 1.165) is 5.69 Å². The lowest BCUT2D eigenvalue weighted by Crippen LogP contribution is -2.29. The minimum atomic E-state index is -0.475. The average Bonchev–Trinajstić information content (AvgIpc) is 3.31. The van der Waals surface area contributed by atoms with Gasteiger partial charge in [0.1, 0.15) is 17.5 Å². The molecular formula is C18H17N7O2. The molecule has 0 aliphatic heterocycles. The second kappa shape index (κ2) is 6.52. The zero-order chi connectivity index (χ0) is 19.0. The highest BCUT2D eigenvalue weighted by Gasteiger charge is 2.17. The Morgan fingerprint density at radius 1 is 1.19 bits per heavy atom. The fourth-order valence-electron chi connectivity index (χ4n) is 2.97. The number of rotatable bonds is 4. The van der Waals surface area contributed by atoms with Crippen LogP contribution in [0.5, 0.6) is 0 Å². The molecule has 3 aromatic heterocycles. The molecule has 9 nitrogen and oxygen atoms in total. The molecule has 1 aromatic carbocycles. The van der Waals surface area contributed by atoms with Crippen molar-refractivity contribution in [3.63, 3.8) is 0 Å². The Balaban J connectivity index is 1.54. The minimum Gasteiger partial charge on any atom is -0.344 e. The third-order valence-corrected chi connectivity index (χ3v) is 4.27. The maximum atomic E-state index is 12.6. The summed E-state index contributed by atoms with van der Waals surface area (Å²) in [6.07, 6.45) is 4.56. The van der Waals surface area contributed by atoms with E-state index < -0.39 is 5.91 Å². The molecule has 0 spiro atoms. The summed E-state index contributed by atoms with van der Waals surface area (Å²) in [5.41, 5.74) is 1.23. The summed E-state index contributed by atoms with van der Waals surface area (Å²) in [5, 5.41) is 11.5. The number of carbonyl (C=O) groups is 1. The number of benzene rings is 1. The third-order valence-electron chi connectivity index (χ3n) is 4.27. The van der Waals surface area contributed by atoms with Gasteiger partial charge in [-0.25, -0.2) is 9.67 Å². The van der Waals surface area contributed by atoms with Crippen molar-refractivity contribution in [2.75, 3.05) is 0 Å². The summed E-state index contributed by atoms with van der Waals surface area (Å²) >= 11 is 0. The molecule has 27 heavy (non-hydrogen) atoms. The van der Waals surface area contributed by atoms with Gasteiger partial charge in [0.05, 0.1) is 23.8 Å². The highest BCUT2D eigenvalue weighted by molar-refractivity contribution is 5.96. The van der Waals surface area contributed by atoms with Gasteiger partial charge < -0.3 is 9.88 Å². The smallest absolute Gasteiger partial charge is 0.257 e. The number of aromatic nitrogens is 6. The van der Waals surface area contributed by atoms with Crippen molar-refractivity contribution < 1.29 is 4.79 Å². The van der Waals surface area contributed by atoms with E-state index in [1.165, 1.54) is 12.4 Å². The van der Waals surface area contributed by atoms with Gasteiger partial charge in [0.25, 0.3) is 5.91 Å². The number of carbonyl (C=O) groups excluding carboxylic acids is 1. The highest BCUT2D eigenvalue weighted by atomic mass is 16.2. The molecule has 0 saturated heterocycles. The molecule has 0 saturated carbocycles. The largest absolute Gasteiger partial charge is 0.344 e. The lowest BCUT2D eigenvalue weighted by Gasteiger charge is -2.07. The van der Waals surface area contributed by atoms with Crippen LogP contribution in [-0.4, -0.2) is 35.0 Å². The van der Waals surface area contributed by atoms with Crippen LogP contribution in [0.4, 0.5) is 0 Å². The SMILES string of the molecule is Cn1cc(C(=O)NCc2ncn(-c3ccccc3)n2)c(=O)c2cnn(C)c21. The zero-order valence-electron chi connectivity index (χ0n) is 14.8. The molecule has 0 aliphatic carbocycles. The van der Waals surface area contributed by atoms with Gasteiger partial charge >= 0.3 is 0 Å². The summed E-state index contributed by atoms with van der Waals surface area (Å²) < 4.78 is 4.93. The monoisotopic (exact) mass is 363 g/mol. The number of pyridine rings is 1. The van der Waals surface area contributed by atoms with Crippen LogP contribution in [0.3, 0.4) is 0 Å². The molecule has 3 heterocycles. The zero-order valence-corrected chi connectivity index (χ0v) is 14.8. The lowest BCUT2D eigenvalue weighted by atomic mass is 10.2. The quantitative estimate of drug-likeness (QED) is 0.578. The molecule has 1 amide bonds. The predicted octanol–water partition coefficient (Wildman–Crippen LogP) is 0.783. The van der Waals surface area contributed by atoms with Crippen molar-refractivity contribution in [2.45, 2.75) is 6.54 Å². The average molecular weight is 363 g/mol. The Morgan fingerprint density at radius 2 is 1.96 bits per heavy atom. The van der Waals surface area contributed by atoms with Crippen LogP contribution in [0.2, 0.25) is 0 Å². The van der Waals surface area contributed by atoms with E-state index in [4.69, 9.17) is 0 Å². The number of nitrogens with one attached hydrogen (secondary N) is 1. The molecule has 0 aliphatic rings. The van der Waals surface area contributed by atoms with Gasteiger partial charge in [-0.1, -0.05) is 18.2 Å². The molecule has 0 atom stereocenters. The van der Waals surface area contributed by atoms with Gasteiger partial charge in [-0.15, -0.1) is 5.10 Å². The fourth-order valence-corrected chi connectivity index (χ4v) is 2.97. The number of amides is 1. The summed E-state index contributed by atoms with van der Waals surface area (Å²) in [4.78, 5) is 29.3. The van der Waals surface area contributed by atoms with Crippen molar-refractivity contribution in [1.29, 1.82) is 0 Å². The molecule has 4 rings (SSSR count). The van der Waals surface area contributed by atoms with Gasteiger partial charge in [0.15, 0.2) is 5.82 Å². The minimum absolute atomic E-state index is 0.0560. The molecule has 0 unspecified atom stereocenters. The van der Waals surface area contributed by atoms with Gasteiger partial charge in [0.2, 0.25) is 5.43 Å². The first-order valence-corrected chi connectivity index (χ1v) is 8.30. The van der Waals surface area contributed by atoms with Crippen LogP contribution in [0.25, 0.3) is 16.7 Å². The normalized spacial score (nSPS) is 11.0. The first-order chi connectivity index (χ1) is 13.0. The van der Waals surface area contributed by atoms with E-state index >= 15 is 0 Å². The van der Waals surface area contributed by atoms with Gasteiger partial charge in [-0.2, -0.15) is 5.10 Å². The Bertz CT molecular complexity index is 1190. The van der Waals surface area contributed by atoms with E-state index in [9.17, 15) is 9.59 Å². The summed E-state index contributed by atoms with van der Waals surface area (Å²) in [5.74, 6) is -0.0242. The van der Waals surface area contributed by atoms with Crippen LogP contribution >= 0.6 is 0 Å². The molecule has 136 valence electrons. The van der Waals surface area contributed by atoms with Crippen molar-refractivity contribution in [1.82, 2.24) is 34.4 Å². The first kappa shape index (κ1) is 16.7. The van der Waals surface area contributed by atoms with Gasteiger partial charge in [0, 0.05) is 20.3 Å². The van der Waals surface area contributed by atoms with Crippen molar-refractivity contribution >= 4 is 16.9 Å². The maximum absolute atomic E-state index is 12.6. The molecule has 9 heteroatoms. The highest BCUT2D eigenvalue weighted by Crippen LogP contribution is 2.09. The van der Waals surface area contributed by atoms with Gasteiger partial charge in [-0.05, 0) is 12.1 Å². The topological polar surface area (TPSA) is 99.6 Å². The fraction of sp³-hybridized carbons (Fsp3) is 0.167. The second-order valence-corrected chi connectivity index (χ2v) is 6.11. The third kappa shape index (κ3) is 2.99. The number of aryl methyl sites for hydroxylation is 2. The van der Waals surface area contributed by atoms with E-state index in [0.29, 0.717) is 16.9 Å². The standard InChI is InChI=1S/C18H17N7O2/c1-23-10-14(16(26)13-8-21-24(2)18(13)23)17(27)19-9-15-20-11-25(22-15)12-6-4-3-5-7-12/h3-8,10-11H,9H2,1-2H3,(H,19,27). The van der Waals surface area contributed by atoms with E-state index in [1.807, 2.05) is 30.3 Å². The lowest BCUT2D eigenvalue weighted by molar-refractivity contribution is 0.0948. The van der Waals surface area contributed by atoms with Crippen LogP contribution in [0.15, 0.2) is 53.8 Å². The number of hydrogen-bond acceptors (Lipinski definition) is 5. The van der Waals surface area contributed by atoms with Crippen molar-refractivity contribution in [3.8, 4) is 5.69 Å². The van der Waals surface area contributed by atoms with Crippen LogP contribution in [-0.2, 0) is 20.6 Å². The number of hydrogen-bond donors (Lipinski definition) is 1. The molecule has 0 fully saturated rings. The molecular weight excluding hydrogens is 346 g/mol. The molecule has 4 aromatic rings. The Labute approximate surface area is 153 Å². The van der Waals surface area contributed by atoms with Gasteiger partial charge in [-0.3, -0.25) is 14.3 Å². The molecule has 0 radical (unpaired) electrons. The Hall–Kier alpha value is -3.75. The molecule has 1 N–H and O–H groups in total. The summed E-state index contributed by atoms with van der Waals surface area (Å²) in [7, 11) is 3.51. The second-order valence-electron chi connectivity index (χ2n) is 6.11. The molecule has 0 bridgehead atoms. The first-order valence-electron chi connectivity index (χ1n) is 8.30. The van der Waals surface area contributed by atoms with E-state index in [1.54, 1.807) is 34.4 Å². The van der Waals surface area contributed by atoms with Crippen LogP contribution < -0.4 is 10.7 Å². The number of fused-ring (bicyclic) bond motifs is 1. The number of nitrogens with zero attached hydrogens (tertiary/aromatic N) is 6. The maximum Gasteiger partial charge on any atom is 0.257 e. The van der Waals surface area contributed by atoms with Crippen molar-refractivity contribution in [3.05, 3.63) is 70.7 Å². The van der Waals surface area contributed by atoms with E-state index in [-0.39, 0.29) is 17.5 Å². The Morgan fingerprint density at radius 3 is 2.74 bits per heavy atom. The van der Waals surface area contributed by atoms with Crippen LogP contribution in [0, 0.1) is 0 Å².